The second-order valence-electron chi connectivity index (χ2n) is 6.55. The van der Waals surface area contributed by atoms with Crippen molar-refractivity contribution in [1.82, 2.24) is 9.88 Å². The van der Waals surface area contributed by atoms with E-state index in [1.54, 1.807) is 6.20 Å². The van der Waals surface area contributed by atoms with Gasteiger partial charge >= 0.3 is 6.09 Å². The number of rotatable bonds is 4. The summed E-state index contributed by atoms with van der Waals surface area (Å²) in [5.74, 6) is 0.438. The van der Waals surface area contributed by atoms with Gasteiger partial charge in [-0.2, -0.15) is 0 Å². The summed E-state index contributed by atoms with van der Waals surface area (Å²) in [4.78, 5) is 18.1. The zero-order valence-electron chi connectivity index (χ0n) is 13.6. The normalized spacial score (nSPS) is 16.6. The Balaban J connectivity index is 1.88. The van der Waals surface area contributed by atoms with Crippen LogP contribution < -0.4 is 0 Å². The van der Waals surface area contributed by atoms with E-state index in [1.165, 1.54) is 5.56 Å². The van der Waals surface area contributed by atoms with Crippen molar-refractivity contribution < 1.29 is 9.53 Å². The first-order valence-electron chi connectivity index (χ1n) is 8.00. The molecule has 1 aromatic heterocycles. The maximum Gasteiger partial charge on any atom is 0.410 e. The van der Waals surface area contributed by atoms with Crippen LogP contribution in [0.3, 0.4) is 0 Å². The van der Waals surface area contributed by atoms with Gasteiger partial charge in [0.2, 0.25) is 0 Å². The number of amides is 1. The lowest BCUT2D eigenvalue weighted by Gasteiger charge is -2.34. The van der Waals surface area contributed by atoms with Crippen LogP contribution in [0.15, 0.2) is 18.3 Å². The van der Waals surface area contributed by atoms with E-state index in [1.807, 2.05) is 30.9 Å². The molecule has 0 spiro atoms. The number of piperidine rings is 1. The molecule has 1 fully saturated rings. The second-order valence-corrected chi connectivity index (χ2v) is 6.94. The Bertz CT molecular complexity index is 511. The highest BCUT2D eigenvalue weighted by Gasteiger charge is 2.29. The minimum absolute atomic E-state index is 0.190. The number of ether oxygens (including phenoxy) is 1. The van der Waals surface area contributed by atoms with Crippen molar-refractivity contribution >= 4 is 17.7 Å². The number of hydrogen-bond acceptors (Lipinski definition) is 3. The van der Waals surface area contributed by atoms with Gasteiger partial charge in [0.15, 0.2) is 0 Å². The van der Waals surface area contributed by atoms with Gasteiger partial charge in [-0.25, -0.2) is 9.78 Å². The summed E-state index contributed by atoms with van der Waals surface area (Å²) in [6.45, 7) is 7.50. The molecular weight excluding hydrogens is 300 g/mol. The summed E-state index contributed by atoms with van der Waals surface area (Å²) in [5.41, 5.74) is 0.820. The summed E-state index contributed by atoms with van der Waals surface area (Å²) in [5, 5.41) is 0.528. The zero-order chi connectivity index (χ0) is 16.2. The molecular formula is C17H25ClN2O2. The quantitative estimate of drug-likeness (QED) is 0.758. The average molecular weight is 325 g/mol. The second kappa shape index (κ2) is 7.32. The van der Waals surface area contributed by atoms with Crippen LogP contribution >= 0.6 is 11.6 Å². The van der Waals surface area contributed by atoms with Crippen molar-refractivity contribution in [2.75, 3.05) is 13.1 Å². The first-order valence-corrected chi connectivity index (χ1v) is 8.38. The van der Waals surface area contributed by atoms with Crippen LogP contribution in [-0.2, 0) is 4.74 Å². The fourth-order valence-corrected chi connectivity index (χ4v) is 3.20. The lowest BCUT2D eigenvalue weighted by Crippen LogP contribution is -2.42. The van der Waals surface area contributed by atoms with Gasteiger partial charge in [-0.05, 0) is 56.7 Å². The molecule has 5 heteroatoms. The van der Waals surface area contributed by atoms with Crippen LogP contribution in [0.25, 0.3) is 0 Å². The van der Waals surface area contributed by atoms with E-state index in [0.717, 1.165) is 38.8 Å². The summed E-state index contributed by atoms with van der Waals surface area (Å²) in [7, 11) is 0. The molecule has 1 saturated heterocycles. The van der Waals surface area contributed by atoms with Gasteiger partial charge in [-0.15, -0.1) is 0 Å². The van der Waals surface area contributed by atoms with Gasteiger partial charge in [0.05, 0.1) is 0 Å². The van der Waals surface area contributed by atoms with E-state index in [2.05, 4.69) is 11.9 Å². The lowest BCUT2D eigenvalue weighted by molar-refractivity contribution is 0.00440. The lowest BCUT2D eigenvalue weighted by atomic mass is 9.90. The molecule has 0 atom stereocenters. The van der Waals surface area contributed by atoms with Crippen molar-refractivity contribution in [3.63, 3.8) is 0 Å². The minimum Gasteiger partial charge on any atom is -0.443 e. The summed E-state index contributed by atoms with van der Waals surface area (Å²) in [6, 6.07) is 3.93. The topological polar surface area (TPSA) is 42.4 Å². The van der Waals surface area contributed by atoms with E-state index in [4.69, 9.17) is 16.3 Å². The number of aromatic nitrogens is 1. The molecule has 1 aliphatic heterocycles. The Morgan fingerprint density at radius 3 is 2.73 bits per heavy atom. The number of nitrogens with zero attached hydrogens (tertiary/aromatic N) is 2. The molecule has 0 N–H and O–H groups in total. The SMILES string of the molecule is CCCC(C)(C)OC(=O)N1CCC(c2ccnc(Cl)c2)CC1. The third-order valence-electron chi connectivity index (χ3n) is 4.19. The summed E-state index contributed by atoms with van der Waals surface area (Å²) >= 11 is 5.95. The molecule has 122 valence electrons. The third-order valence-corrected chi connectivity index (χ3v) is 4.40. The number of pyridine rings is 1. The maximum absolute atomic E-state index is 12.3. The highest BCUT2D eigenvalue weighted by molar-refractivity contribution is 6.29. The molecule has 0 aliphatic carbocycles. The minimum atomic E-state index is -0.388. The van der Waals surface area contributed by atoms with E-state index >= 15 is 0 Å². The Morgan fingerprint density at radius 1 is 1.45 bits per heavy atom. The van der Waals surface area contributed by atoms with Crippen LogP contribution in [0.1, 0.15) is 57.9 Å². The van der Waals surface area contributed by atoms with E-state index in [-0.39, 0.29) is 11.7 Å². The smallest absolute Gasteiger partial charge is 0.410 e. The van der Waals surface area contributed by atoms with Gasteiger partial charge in [-0.3, -0.25) is 0 Å². The first-order chi connectivity index (χ1) is 10.4. The molecule has 2 rings (SSSR count). The van der Waals surface area contributed by atoms with Crippen LogP contribution in [0, 0.1) is 0 Å². The van der Waals surface area contributed by atoms with Crippen LogP contribution in [-0.4, -0.2) is 34.7 Å². The van der Waals surface area contributed by atoms with Crippen LogP contribution in [0.2, 0.25) is 5.15 Å². The highest BCUT2D eigenvalue weighted by Crippen LogP contribution is 2.29. The summed E-state index contributed by atoms with van der Waals surface area (Å²) < 4.78 is 5.63. The Hall–Kier alpha value is -1.29. The Morgan fingerprint density at radius 2 is 2.14 bits per heavy atom. The zero-order valence-corrected chi connectivity index (χ0v) is 14.4. The van der Waals surface area contributed by atoms with E-state index < -0.39 is 0 Å². The molecule has 0 radical (unpaired) electrons. The number of carbonyl (C=O) groups excluding carboxylic acids is 1. The van der Waals surface area contributed by atoms with Crippen molar-refractivity contribution in [3.8, 4) is 0 Å². The third kappa shape index (κ3) is 4.60. The van der Waals surface area contributed by atoms with Gasteiger partial charge < -0.3 is 9.64 Å². The summed E-state index contributed by atoms with van der Waals surface area (Å²) in [6.07, 6.45) is 5.30. The molecule has 22 heavy (non-hydrogen) atoms. The molecule has 2 heterocycles. The van der Waals surface area contributed by atoms with Gasteiger partial charge in [0.25, 0.3) is 0 Å². The molecule has 0 aromatic carbocycles. The van der Waals surface area contributed by atoms with Gasteiger partial charge in [0.1, 0.15) is 10.8 Å². The first kappa shape index (κ1) is 17.1. The molecule has 4 nitrogen and oxygen atoms in total. The maximum atomic E-state index is 12.3. The van der Waals surface area contributed by atoms with Gasteiger partial charge in [0, 0.05) is 19.3 Å². The number of likely N-dealkylation sites (tertiary alicyclic amines) is 1. The van der Waals surface area contributed by atoms with Crippen molar-refractivity contribution in [3.05, 3.63) is 29.0 Å². The van der Waals surface area contributed by atoms with Gasteiger partial charge in [-0.1, -0.05) is 24.9 Å². The van der Waals surface area contributed by atoms with Crippen LogP contribution in [0.5, 0.6) is 0 Å². The largest absolute Gasteiger partial charge is 0.443 e. The Labute approximate surface area is 137 Å². The fourth-order valence-electron chi connectivity index (χ4n) is 3.02. The molecule has 0 saturated carbocycles. The van der Waals surface area contributed by atoms with E-state index in [0.29, 0.717) is 11.1 Å². The fraction of sp³-hybridized carbons (Fsp3) is 0.647. The number of halogens is 1. The monoisotopic (exact) mass is 324 g/mol. The predicted octanol–water partition coefficient (Wildman–Crippen LogP) is 4.63. The predicted molar refractivity (Wildman–Crippen MR) is 88.3 cm³/mol. The molecule has 0 unspecified atom stereocenters. The molecule has 1 amide bonds. The average Bonchev–Trinajstić information content (AvgIpc) is 2.47. The van der Waals surface area contributed by atoms with Crippen molar-refractivity contribution in [2.24, 2.45) is 0 Å². The Kier molecular flexibility index (Phi) is 5.68. The standard InChI is InChI=1S/C17H25ClN2O2/c1-4-8-17(2,3)22-16(21)20-10-6-13(7-11-20)14-5-9-19-15(18)12-14/h5,9,12-13H,4,6-8,10-11H2,1-3H3. The number of carbonyl (C=O) groups is 1. The molecule has 0 bridgehead atoms. The number of hydrogen-bond donors (Lipinski definition) is 0. The van der Waals surface area contributed by atoms with E-state index in [9.17, 15) is 4.79 Å². The van der Waals surface area contributed by atoms with Crippen LogP contribution in [0.4, 0.5) is 4.79 Å². The molecule has 1 aliphatic rings. The van der Waals surface area contributed by atoms with Crippen molar-refractivity contribution in [1.29, 1.82) is 0 Å². The van der Waals surface area contributed by atoms with Crippen molar-refractivity contribution in [2.45, 2.75) is 58.0 Å². The highest BCUT2D eigenvalue weighted by atomic mass is 35.5. The molecule has 1 aromatic rings.